The Morgan fingerprint density at radius 2 is 2.17 bits per heavy atom. The third-order valence-corrected chi connectivity index (χ3v) is 5.27. The number of carbonyl (C=O) groups is 1. The molecule has 3 unspecified atom stereocenters. The van der Waals surface area contributed by atoms with Gasteiger partial charge in [0.05, 0.1) is 0 Å². The number of rotatable bonds is 3. The van der Waals surface area contributed by atoms with Gasteiger partial charge < -0.3 is 15.3 Å². The predicted octanol–water partition coefficient (Wildman–Crippen LogP) is 1.99. The van der Waals surface area contributed by atoms with Crippen LogP contribution >= 0.6 is 0 Å². The first-order valence-electron chi connectivity index (χ1n) is 9.10. The number of hydrogen-bond donors (Lipinski definition) is 2. The maximum atomic E-state index is 13.4. The standard InChI is InChI=1S/C19H29N3O2/c1-14-5-4-9-21(13-14)19(24)18(16-6-3-7-17(23)11-16)22-10-8-20-12-15(22)2/h3,6-7,11,14-15,18,20,23H,4-5,8-10,12-13H2,1-2H3. The van der Waals surface area contributed by atoms with Crippen LogP contribution in [0.15, 0.2) is 24.3 Å². The second kappa shape index (κ2) is 7.53. The first kappa shape index (κ1) is 17.2. The summed E-state index contributed by atoms with van der Waals surface area (Å²) >= 11 is 0. The van der Waals surface area contributed by atoms with E-state index in [-0.39, 0.29) is 23.7 Å². The van der Waals surface area contributed by atoms with Crippen molar-refractivity contribution in [3.63, 3.8) is 0 Å². The highest BCUT2D eigenvalue weighted by molar-refractivity contribution is 5.83. The fourth-order valence-electron chi connectivity index (χ4n) is 3.97. The summed E-state index contributed by atoms with van der Waals surface area (Å²) in [4.78, 5) is 17.7. The minimum atomic E-state index is -0.306. The van der Waals surface area contributed by atoms with Gasteiger partial charge in [0.15, 0.2) is 0 Å². The highest BCUT2D eigenvalue weighted by atomic mass is 16.3. The first-order valence-corrected chi connectivity index (χ1v) is 9.10. The number of amides is 1. The zero-order valence-electron chi connectivity index (χ0n) is 14.7. The summed E-state index contributed by atoms with van der Waals surface area (Å²) in [6, 6.07) is 7.18. The zero-order chi connectivity index (χ0) is 17.1. The molecule has 1 amide bonds. The second-order valence-corrected chi connectivity index (χ2v) is 7.32. The van der Waals surface area contributed by atoms with Crippen LogP contribution in [0.25, 0.3) is 0 Å². The molecule has 0 bridgehead atoms. The summed E-state index contributed by atoms with van der Waals surface area (Å²) in [5.74, 6) is 0.967. The molecule has 2 heterocycles. The molecule has 3 atom stereocenters. The number of piperidine rings is 1. The molecule has 2 fully saturated rings. The minimum absolute atomic E-state index is 0.181. The van der Waals surface area contributed by atoms with Gasteiger partial charge in [0.2, 0.25) is 5.91 Å². The van der Waals surface area contributed by atoms with Crippen molar-refractivity contribution in [1.29, 1.82) is 0 Å². The number of phenols is 1. The van der Waals surface area contributed by atoms with Crippen LogP contribution in [-0.4, -0.2) is 59.6 Å². The van der Waals surface area contributed by atoms with Gasteiger partial charge in [0, 0.05) is 38.8 Å². The topological polar surface area (TPSA) is 55.8 Å². The molecule has 0 spiro atoms. The first-order chi connectivity index (χ1) is 11.6. The summed E-state index contributed by atoms with van der Waals surface area (Å²) in [5, 5.41) is 13.3. The lowest BCUT2D eigenvalue weighted by Gasteiger charge is -2.42. The molecular weight excluding hydrogens is 302 g/mol. The quantitative estimate of drug-likeness (QED) is 0.889. The van der Waals surface area contributed by atoms with Crippen LogP contribution in [-0.2, 0) is 4.79 Å². The van der Waals surface area contributed by atoms with Crippen LogP contribution in [0.5, 0.6) is 5.75 Å². The van der Waals surface area contributed by atoms with Crippen molar-refractivity contribution in [2.24, 2.45) is 5.92 Å². The van der Waals surface area contributed by atoms with Crippen molar-refractivity contribution >= 4 is 5.91 Å². The lowest BCUT2D eigenvalue weighted by Crippen LogP contribution is -2.55. The van der Waals surface area contributed by atoms with E-state index in [2.05, 4.69) is 24.1 Å². The largest absolute Gasteiger partial charge is 0.508 e. The van der Waals surface area contributed by atoms with Crippen LogP contribution < -0.4 is 5.32 Å². The summed E-state index contributed by atoms with van der Waals surface area (Å²) < 4.78 is 0. The number of aromatic hydroxyl groups is 1. The molecule has 1 aromatic rings. The number of hydrogen-bond acceptors (Lipinski definition) is 4. The van der Waals surface area contributed by atoms with Crippen molar-refractivity contribution in [2.45, 2.75) is 38.8 Å². The Kier molecular flexibility index (Phi) is 5.41. The number of nitrogens with one attached hydrogen (secondary N) is 1. The van der Waals surface area contributed by atoms with Gasteiger partial charge in [-0.05, 0) is 43.4 Å². The molecule has 3 rings (SSSR count). The molecule has 5 heteroatoms. The fourth-order valence-corrected chi connectivity index (χ4v) is 3.97. The Morgan fingerprint density at radius 1 is 1.33 bits per heavy atom. The summed E-state index contributed by atoms with van der Waals surface area (Å²) in [6.45, 7) is 8.69. The van der Waals surface area contributed by atoms with Gasteiger partial charge in [0.1, 0.15) is 11.8 Å². The van der Waals surface area contributed by atoms with E-state index in [1.54, 1.807) is 12.1 Å². The minimum Gasteiger partial charge on any atom is -0.508 e. The number of phenolic OH excluding ortho intramolecular Hbond substituents is 1. The van der Waals surface area contributed by atoms with E-state index in [4.69, 9.17) is 0 Å². The van der Waals surface area contributed by atoms with E-state index in [0.29, 0.717) is 5.92 Å². The number of benzene rings is 1. The number of likely N-dealkylation sites (tertiary alicyclic amines) is 1. The maximum absolute atomic E-state index is 13.4. The molecule has 24 heavy (non-hydrogen) atoms. The number of carbonyl (C=O) groups excluding carboxylic acids is 1. The van der Waals surface area contributed by atoms with Gasteiger partial charge in [-0.25, -0.2) is 0 Å². The molecule has 2 aliphatic rings. The second-order valence-electron chi connectivity index (χ2n) is 7.32. The van der Waals surface area contributed by atoms with Gasteiger partial charge in [-0.15, -0.1) is 0 Å². The molecule has 0 saturated carbocycles. The van der Waals surface area contributed by atoms with Crippen molar-refractivity contribution in [3.8, 4) is 5.75 Å². The van der Waals surface area contributed by atoms with Crippen molar-refractivity contribution < 1.29 is 9.90 Å². The summed E-state index contributed by atoms with van der Waals surface area (Å²) in [7, 11) is 0. The van der Waals surface area contributed by atoms with E-state index in [1.807, 2.05) is 17.0 Å². The Balaban J connectivity index is 1.90. The molecule has 0 aromatic heterocycles. The van der Waals surface area contributed by atoms with Crippen molar-refractivity contribution in [2.75, 3.05) is 32.7 Å². The molecule has 1 aromatic carbocycles. The van der Waals surface area contributed by atoms with Crippen LogP contribution in [0.1, 0.15) is 38.3 Å². The van der Waals surface area contributed by atoms with E-state index >= 15 is 0 Å². The smallest absolute Gasteiger partial charge is 0.244 e. The van der Waals surface area contributed by atoms with Crippen LogP contribution in [0, 0.1) is 5.92 Å². The van der Waals surface area contributed by atoms with E-state index in [1.165, 1.54) is 6.42 Å². The van der Waals surface area contributed by atoms with Crippen molar-refractivity contribution in [1.82, 2.24) is 15.1 Å². The van der Waals surface area contributed by atoms with Gasteiger partial charge >= 0.3 is 0 Å². The molecule has 5 nitrogen and oxygen atoms in total. The predicted molar refractivity (Wildman–Crippen MR) is 94.9 cm³/mol. The SMILES string of the molecule is CC1CCCN(C(=O)C(c2cccc(O)c2)N2CCNCC2C)C1. The van der Waals surface area contributed by atoms with Crippen molar-refractivity contribution in [3.05, 3.63) is 29.8 Å². The third kappa shape index (κ3) is 3.73. The Morgan fingerprint density at radius 3 is 2.88 bits per heavy atom. The molecule has 2 aliphatic heterocycles. The molecule has 2 N–H and O–H groups in total. The van der Waals surface area contributed by atoms with E-state index in [9.17, 15) is 9.90 Å². The molecule has 0 radical (unpaired) electrons. The van der Waals surface area contributed by atoms with Crippen LogP contribution in [0.2, 0.25) is 0 Å². The molecule has 2 saturated heterocycles. The average Bonchev–Trinajstić information content (AvgIpc) is 2.57. The van der Waals surface area contributed by atoms with Gasteiger partial charge in [0.25, 0.3) is 0 Å². The molecule has 0 aliphatic carbocycles. The highest BCUT2D eigenvalue weighted by Crippen LogP contribution is 2.30. The van der Waals surface area contributed by atoms with Gasteiger partial charge in [-0.2, -0.15) is 0 Å². The molecule has 132 valence electrons. The summed E-state index contributed by atoms with van der Waals surface area (Å²) in [5.41, 5.74) is 0.895. The Labute approximate surface area is 144 Å². The number of piperazine rings is 1. The fraction of sp³-hybridized carbons (Fsp3) is 0.632. The van der Waals surface area contributed by atoms with E-state index in [0.717, 1.165) is 44.7 Å². The average molecular weight is 331 g/mol. The third-order valence-electron chi connectivity index (χ3n) is 5.27. The van der Waals surface area contributed by atoms with Crippen LogP contribution in [0.4, 0.5) is 0 Å². The van der Waals surface area contributed by atoms with Crippen LogP contribution in [0.3, 0.4) is 0 Å². The lowest BCUT2D eigenvalue weighted by molar-refractivity contribution is -0.140. The lowest BCUT2D eigenvalue weighted by atomic mass is 9.96. The Bertz CT molecular complexity index is 577. The number of nitrogens with zero attached hydrogens (tertiary/aromatic N) is 2. The van der Waals surface area contributed by atoms with Gasteiger partial charge in [-0.3, -0.25) is 9.69 Å². The van der Waals surface area contributed by atoms with E-state index < -0.39 is 0 Å². The highest BCUT2D eigenvalue weighted by Gasteiger charge is 2.36. The Hall–Kier alpha value is -1.59. The van der Waals surface area contributed by atoms with Gasteiger partial charge in [-0.1, -0.05) is 19.1 Å². The monoisotopic (exact) mass is 331 g/mol. The molecular formula is C19H29N3O2. The maximum Gasteiger partial charge on any atom is 0.244 e. The normalized spacial score (nSPS) is 27.0. The summed E-state index contributed by atoms with van der Waals surface area (Å²) in [6.07, 6.45) is 2.28. The zero-order valence-corrected chi connectivity index (χ0v) is 14.7.